The average Bonchev–Trinajstić information content (AvgIpc) is 2.15. The maximum atomic E-state index is 10.8. The molecule has 0 bridgehead atoms. The van der Waals surface area contributed by atoms with E-state index >= 15 is 0 Å². The van der Waals surface area contributed by atoms with Gasteiger partial charge in [0, 0.05) is 12.5 Å². The highest BCUT2D eigenvalue weighted by molar-refractivity contribution is 5.67. The van der Waals surface area contributed by atoms with E-state index in [9.17, 15) is 4.79 Å². The summed E-state index contributed by atoms with van der Waals surface area (Å²) in [5.74, 6) is 5.61. The summed E-state index contributed by atoms with van der Waals surface area (Å²) in [6.07, 6.45) is 0. The second-order valence-corrected chi connectivity index (χ2v) is 4.22. The third-order valence-electron chi connectivity index (χ3n) is 1.96. The Balaban J connectivity index is 2.80. The van der Waals surface area contributed by atoms with Crippen LogP contribution in [-0.2, 0) is 9.53 Å². The lowest BCUT2D eigenvalue weighted by molar-refractivity contribution is -0.148. The van der Waals surface area contributed by atoms with Gasteiger partial charge < -0.3 is 4.74 Å². The Labute approximate surface area is 96.6 Å². The molecule has 0 amide bonds. The molecular weight excluding hydrogens is 200 g/mol. The first kappa shape index (κ1) is 12.3. The maximum Gasteiger partial charge on any atom is 0.304 e. The summed E-state index contributed by atoms with van der Waals surface area (Å²) < 4.78 is 5.07. The van der Waals surface area contributed by atoms with Gasteiger partial charge in [-0.15, -0.1) is 0 Å². The van der Waals surface area contributed by atoms with Crippen molar-refractivity contribution in [1.82, 2.24) is 0 Å². The highest BCUT2D eigenvalue weighted by atomic mass is 16.6. The summed E-state index contributed by atoms with van der Waals surface area (Å²) in [4.78, 5) is 10.8. The topological polar surface area (TPSA) is 26.3 Å². The minimum Gasteiger partial charge on any atom is -0.447 e. The van der Waals surface area contributed by atoms with Crippen LogP contribution < -0.4 is 0 Å². The van der Waals surface area contributed by atoms with Crippen molar-refractivity contribution in [2.45, 2.75) is 33.3 Å². The second-order valence-electron chi connectivity index (χ2n) is 4.22. The number of esters is 1. The Bertz CT molecular complexity index is 430. The molecule has 0 fully saturated rings. The normalized spacial score (nSPS) is 10.2. The number of carbonyl (C=O) groups excluding carboxylic acids is 1. The van der Waals surface area contributed by atoms with Gasteiger partial charge in [-0.2, -0.15) is 0 Å². The van der Waals surface area contributed by atoms with E-state index in [4.69, 9.17) is 4.74 Å². The Morgan fingerprint density at radius 2 is 1.81 bits per heavy atom. The molecule has 0 saturated heterocycles. The van der Waals surface area contributed by atoms with E-state index in [1.807, 2.05) is 31.2 Å². The van der Waals surface area contributed by atoms with Crippen molar-refractivity contribution in [2.75, 3.05) is 0 Å². The van der Waals surface area contributed by atoms with Crippen LogP contribution in [0, 0.1) is 18.8 Å². The molecule has 1 aromatic rings. The molecule has 2 nitrogen and oxygen atoms in total. The first-order chi connectivity index (χ1) is 7.39. The number of hydrogen-bond donors (Lipinski definition) is 0. The molecule has 0 heterocycles. The molecule has 0 atom stereocenters. The van der Waals surface area contributed by atoms with Crippen LogP contribution in [-0.4, -0.2) is 11.6 Å². The van der Waals surface area contributed by atoms with Crippen LogP contribution in [0.5, 0.6) is 0 Å². The van der Waals surface area contributed by atoms with Crippen molar-refractivity contribution in [1.29, 1.82) is 0 Å². The number of carbonyl (C=O) groups is 1. The van der Waals surface area contributed by atoms with E-state index < -0.39 is 5.60 Å². The number of hydrogen-bond acceptors (Lipinski definition) is 2. The van der Waals surface area contributed by atoms with Crippen molar-refractivity contribution in [3.05, 3.63) is 35.4 Å². The standard InChI is InChI=1S/C14H16O2/c1-11-5-7-13(8-6-11)9-10-14(3,4)16-12(2)15/h5-8H,1-4H3. The van der Waals surface area contributed by atoms with Crippen LogP contribution >= 0.6 is 0 Å². The van der Waals surface area contributed by atoms with E-state index in [1.54, 1.807) is 13.8 Å². The van der Waals surface area contributed by atoms with Crippen LogP contribution in [0.2, 0.25) is 0 Å². The molecule has 0 aliphatic rings. The molecule has 0 N–H and O–H groups in total. The van der Waals surface area contributed by atoms with Crippen molar-refractivity contribution in [2.24, 2.45) is 0 Å². The third-order valence-corrected chi connectivity index (χ3v) is 1.96. The summed E-state index contributed by atoms with van der Waals surface area (Å²) >= 11 is 0. The molecule has 0 saturated carbocycles. The molecular formula is C14H16O2. The van der Waals surface area contributed by atoms with Crippen molar-refractivity contribution in [3.8, 4) is 11.8 Å². The molecule has 0 aliphatic heterocycles. The quantitative estimate of drug-likeness (QED) is 0.533. The van der Waals surface area contributed by atoms with E-state index in [2.05, 4.69) is 11.8 Å². The first-order valence-corrected chi connectivity index (χ1v) is 5.18. The van der Waals surface area contributed by atoms with Gasteiger partial charge in [-0.3, -0.25) is 4.79 Å². The summed E-state index contributed by atoms with van der Waals surface area (Å²) in [7, 11) is 0. The van der Waals surface area contributed by atoms with Crippen LogP contribution in [0.25, 0.3) is 0 Å². The first-order valence-electron chi connectivity index (χ1n) is 5.18. The average molecular weight is 216 g/mol. The van der Waals surface area contributed by atoms with Gasteiger partial charge in [0.2, 0.25) is 0 Å². The molecule has 0 spiro atoms. The fraction of sp³-hybridized carbons (Fsp3) is 0.357. The highest BCUT2D eigenvalue weighted by Gasteiger charge is 2.16. The van der Waals surface area contributed by atoms with Gasteiger partial charge in [0.05, 0.1) is 0 Å². The molecule has 1 rings (SSSR count). The molecule has 0 radical (unpaired) electrons. The van der Waals surface area contributed by atoms with E-state index in [-0.39, 0.29) is 5.97 Å². The zero-order valence-corrected chi connectivity index (χ0v) is 10.1. The summed E-state index contributed by atoms with van der Waals surface area (Å²) in [5, 5.41) is 0. The number of ether oxygens (including phenoxy) is 1. The van der Waals surface area contributed by atoms with E-state index in [1.165, 1.54) is 12.5 Å². The number of rotatable bonds is 1. The Hall–Kier alpha value is -1.75. The molecule has 84 valence electrons. The smallest absolute Gasteiger partial charge is 0.304 e. The SMILES string of the molecule is CC(=O)OC(C)(C)C#Cc1ccc(C)cc1. The van der Waals surface area contributed by atoms with Gasteiger partial charge in [-0.05, 0) is 32.9 Å². The lowest BCUT2D eigenvalue weighted by atomic mass is 10.1. The largest absolute Gasteiger partial charge is 0.447 e. The monoisotopic (exact) mass is 216 g/mol. The summed E-state index contributed by atoms with van der Waals surface area (Å²) in [6, 6.07) is 7.91. The fourth-order valence-corrected chi connectivity index (χ4v) is 1.24. The zero-order valence-electron chi connectivity index (χ0n) is 10.1. The van der Waals surface area contributed by atoms with Crippen molar-refractivity contribution in [3.63, 3.8) is 0 Å². The minimum atomic E-state index is -0.739. The second kappa shape index (κ2) is 4.85. The highest BCUT2D eigenvalue weighted by Crippen LogP contribution is 2.08. The molecule has 0 unspecified atom stereocenters. The van der Waals surface area contributed by atoms with Gasteiger partial charge in [-0.25, -0.2) is 0 Å². The predicted molar refractivity (Wildman–Crippen MR) is 63.9 cm³/mol. The van der Waals surface area contributed by atoms with E-state index in [0.717, 1.165) is 5.56 Å². The molecule has 2 heteroatoms. The lowest BCUT2D eigenvalue weighted by Gasteiger charge is -2.16. The summed E-state index contributed by atoms with van der Waals surface area (Å²) in [5.41, 5.74) is 1.38. The Morgan fingerprint density at radius 1 is 1.25 bits per heavy atom. The number of benzene rings is 1. The Morgan fingerprint density at radius 3 is 2.31 bits per heavy atom. The van der Waals surface area contributed by atoms with Crippen molar-refractivity contribution >= 4 is 5.97 Å². The molecule has 1 aromatic carbocycles. The van der Waals surface area contributed by atoms with Gasteiger partial charge in [0.15, 0.2) is 5.60 Å². The summed E-state index contributed by atoms with van der Waals surface area (Å²) in [6.45, 7) is 6.96. The molecule has 0 aromatic heterocycles. The van der Waals surface area contributed by atoms with Crippen molar-refractivity contribution < 1.29 is 9.53 Å². The number of aryl methyl sites for hydroxylation is 1. The van der Waals surface area contributed by atoms with Gasteiger partial charge in [-0.1, -0.05) is 29.5 Å². The van der Waals surface area contributed by atoms with Crippen LogP contribution in [0.15, 0.2) is 24.3 Å². The fourth-order valence-electron chi connectivity index (χ4n) is 1.24. The lowest BCUT2D eigenvalue weighted by Crippen LogP contribution is -2.24. The van der Waals surface area contributed by atoms with E-state index in [0.29, 0.717) is 0 Å². The van der Waals surface area contributed by atoms with Gasteiger partial charge in [0.1, 0.15) is 0 Å². The van der Waals surface area contributed by atoms with Crippen LogP contribution in [0.4, 0.5) is 0 Å². The van der Waals surface area contributed by atoms with Crippen LogP contribution in [0.1, 0.15) is 31.9 Å². The van der Waals surface area contributed by atoms with Crippen LogP contribution in [0.3, 0.4) is 0 Å². The maximum absolute atomic E-state index is 10.8. The predicted octanol–water partition coefficient (Wildman–Crippen LogP) is 2.69. The van der Waals surface area contributed by atoms with Gasteiger partial charge in [0.25, 0.3) is 0 Å². The minimum absolute atomic E-state index is 0.316. The van der Waals surface area contributed by atoms with Gasteiger partial charge >= 0.3 is 5.97 Å². The third kappa shape index (κ3) is 4.18. The Kier molecular flexibility index (Phi) is 3.73. The molecule has 16 heavy (non-hydrogen) atoms. The molecule has 0 aliphatic carbocycles. The zero-order chi connectivity index (χ0) is 12.2.